The van der Waals surface area contributed by atoms with Crippen LogP contribution in [-0.4, -0.2) is 30.5 Å². The Morgan fingerprint density at radius 1 is 1.12 bits per heavy atom. The molecule has 0 saturated carbocycles. The van der Waals surface area contributed by atoms with Crippen LogP contribution in [0.15, 0.2) is 58.2 Å². The summed E-state index contributed by atoms with van der Waals surface area (Å²) in [5.74, 6) is -1.58. The van der Waals surface area contributed by atoms with E-state index in [0.29, 0.717) is 27.7 Å². The van der Waals surface area contributed by atoms with Gasteiger partial charge in [-0.05, 0) is 37.3 Å². The molecule has 0 aliphatic rings. The molecular weight excluding hydrogens is 434 g/mol. The van der Waals surface area contributed by atoms with Crippen molar-refractivity contribution < 1.29 is 19.4 Å². The number of Topliss-reactive ketones (excluding diaryl/α,β-unsaturated/α-hetero) is 1. The second-order valence-corrected chi connectivity index (χ2v) is 9.39. The van der Waals surface area contributed by atoms with Crippen LogP contribution in [0.25, 0.3) is 38.9 Å². The average Bonchev–Trinajstić information content (AvgIpc) is 3.35. The minimum atomic E-state index is -0.897. The van der Waals surface area contributed by atoms with Crippen LogP contribution < -0.4 is 5.43 Å². The van der Waals surface area contributed by atoms with Gasteiger partial charge in [0.2, 0.25) is 11.3 Å². The zero-order chi connectivity index (χ0) is 24.4. The highest BCUT2D eigenvalue weighted by molar-refractivity contribution is 6.08. The smallest absolute Gasteiger partial charge is 0.240 e. The number of aryl methyl sites for hydroxylation is 1. The second kappa shape index (κ2) is 7.34. The summed E-state index contributed by atoms with van der Waals surface area (Å²) in [6, 6.07) is 10.4. The van der Waals surface area contributed by atoms with Gasteiger partial charge in [0.05, 0.1) is 45.3 Å². The van der Waals surface area contributed by atoms with Crippen molar-refractivity contribution in [3.8, 4) is 28.6 Å². The van der Waals surface area contributed by atoms with Gasteiger partial charge < -0.3 is 19.6 Å². The number of hydrogen-bond donors (Lipinski definition) is 3. The molecule has 3 heterocycles. The van der Waals surface area contributed by atoms with E-state index in [-0.39, 0.29) is 22.2 Å². The standard InChI is InChI=1S/C26H23N3O5/c1-13-5-8-19-15(9-13)22(30)16(11-34-19)21-20(24(32)26(2,3)4)23(31)25(33)29(21)14-6-7-17-18(10-14)28-12-27-17/h5-12,31,33H,1-4H3,(H,27,28). The minimum Gasteiger partial charge on any atom is -0.503 e. The molecule has 0 unspecified atom stereocenters. The quantitative estimate of drug-likeness (QED) is 0.325. The first-order valence-corrected chi connectivity index (χ1v) is 10.8. The monoisotopic (exact) mass is 457 g/mol. The molecule has 0 saturated heterocycles. The van der Waals surface area contributed by atoms with E-state index >= 15 is 0 Å². The summed E-state index contributed by atoms with van der Waals surface area (Å²) >= 11 is 0. The number of aromatic hydroxyl groups is 2. The van der Waals surface area contributed by atoms with Crippen LogP contribution in [-0.2, 0) is 0 Å². The van der Waals surface area contributed by atoms with Crippen molar-refractivity contribution in [2.75, 3.05) is 0 Å². The molecule has 3 N–H and O–H groups in total. The Labute approximate surface area is 194 Å². The zero-order valence-corrected chi connectivity index (χ0v) is 19.1. The number of H-pyrrole nitrogens is 1. The summed E-state index contributed by atoms with van der Waals surface area (Å²) in [5, 5.41) is 22.3. The average molecular weight is 457 g/mol. The summed E-state index contributed by atoms with van der Waals surface area (Å²) in [4.78, 5) is 34.3. The Morgan fingerprint density at radius 3 is 2.62 bits per heavy atom. The van der Waals surface area contributed by atoms with Crippen LogP contribution in [0.3, 0.4) is 0 Å². The van der Waals surface area contributed by atoms with Crippen molar-refractivity contribution in [3.05, 3.63) is 70.3 Å². The van der Waals surface area contributed by atoms with Gasteiger partial charge in [-0.1, -0.05) is 32.4 Å². The van der Waals surface area contributed by atoms with Crippen LogP contribution in [0, 0.1) is 12.3 Å². The SMILES string of the molecule is Cc1ccc2occ(-c3c(C(=O)C(C)(C)C)c(O)c(O)n3-c3ccc4nc[nH]c4c3)c(=O)c2c1. The van der Waals surface area contributed by atoms with Gasteiger partial charge in [0.25, 0.3) is 0 Å². The lowest BCUT2D eigenvalue weighted by atomic mass is 9.85. The number of aromatic nitrogens is 3. The number of benzene rings is 2. The highest BCUT2D eigenvalue weighted by Gasteiger charge is 2.36. The van der Waals surface area contributed by atoms with Crippen molar-refractivity contribution in [2.45, 2.75) is 27.7 Å². The van der Waals surface area contributed by atoms with E-state index in [2.05, 4.69) is 9.97 Å². The Balaban J connectivity index is 1.91. The number of carbonyl (C=O) groups excluding carboxylic acids is 1. The van der Waals surface area contributed by atoms with Gasteiger partial charge >= 0.3 is 0 Å². The van der Waals surface area contributed by atoms with Gasteiger partial charge in [-0.15, -0.1) is 0 Å². The molecule has 3 aromatic heterocycles. The number of ketones is 1. The van der Waals surface area contributed by atoms with Crippen molar-refractivity contribution >= 4 is 27.8 Å². The Hall–Kier alpha value is -4.33. The van der Waals surface area contributed by atoms with E-state index in [0.717, 1.165) is 5.56 Å². The summed E-state index contributed by atoms with van der Waals surface area (Å²) in [6.45, 7) is 6.97. The normalized spacial score (nSPS) is 12.0. The fraction of sp³-hybridized carbons (Fsp3) is 0.192. The van der Waals surface area contributed by atoms with E-state index < -0.39 is 22.8 Å². The molecule has 0 aliphatic carbocycles. The lowest BCUT2D eigenvalue weighted by Crippen LogP contribution is -2.21. The highest BCUT2D eigenvalue weighted by Crippen LogP contribution is 2.45. The third-order valence-corrected chi connectivity index (χ3v) is 5.87. The van der Waals surface area contributed by atoms with Gasteiger partial charge in [0.15, 0.2) is 11.5 Å². The lowest BCUT2D eigenvalue weighted by Gasteiger charge is -2.18. The van der Waals surface area contributed by atoms with Gasteiger partial charge in [0.1, 0.15) is 11.8 Å². The lowest BCUT2D eigenvalue weighted by molar-refractivity contribution is 0.0856. The fourth-order valence-corrected chi connectivity index (χ4v) is 4.12. The maximum atomic E-state index is 13.6. The molecule has 0 spiro atoms. The van der Waals surface area contributed by atoms with Crippen LogP contribution in [0.2, 0.25) is 0 Å². The molecule has 0 amide bonds. The number of carbonyl (C=O) groups is 1. The molecule has 5 rings (SSSR count). The Morgan fingerprint density at radius 2 is 1.88 bits per heavy atom. The molecule has 8 heteroatoms. The zero-order valence-electron chi connectivity index (χ0n) is 19.1. The topological polar surface area (TPSA) is 121 Å². The molecule has 172 valence electrons. The van der Waals surface area contributed by atoms with Crippen LogP contribution in [0.1, 0.15) is 36.7 Å². The molecule has 2 aromatic carbocycles. The van der Waals surface area contributed by atoms with Crippen molar-refractivity contribution in [3.63, 3.8) is 0 Å². The number of aromatic amines is 1. The number of hydrogen-bond acceptors (Lipinski definition) is 6. The molecule has 0 aliphatic heterocycles. The third kappa shape index (κ3) is 3.18. The van der Waals surface area contributed by atoms with Gasteiger partial charge in [-0.2, -0.15) is 0 Å². The molecule has 0 atom stereocenters. The summed E-state index contributed by atoms with van der Waals surface area (Å²) < 4.78 is 7.04. The number of nitrogens with zero attached hydrogens (tertiary/aromatic N) is 2. The van der Waals surface area contributed by atoms with Crippen LogP contribution in [0.4, 0.5) is 0 Å². The number of imidazole rings is 1. The number of rotatable bonds is 3. The summed E-state index contributed by atoms with van der Waals surface area (Å²) in [6.07, 6.45) is 2.80. The molecule has 5 aromatic rings. The second-order valence-electron chi connectivity index (χ2n) is 9.39. The summed E-state index contributed by atoms with van der Waals surface area (Å²) in [7, 11) is 0. The largest absolute Gasteiger partial charge is 0.503 e. The molecule has 34 heavy (non-hydrogen) atoms. The van der Waals surface area contributed by atoms with E-state index in [4.69, 9.17) is 4.42 Å². The number of nitrogens with one attached hydrogen (secondary N) is 1. The van der Waals surface area contributed by atoms with Gasteiger partial charge in [-0.3, -0.25) is 14.2 Å². The third-order valence-electron chi connectivity index (χ3n) is 5.87. The van der Waals surface area contributed by atoms with Crippen LogP contribution >= 0.6 is 0 Å². The minimum absolute atomic E-state index is 0.0472. The first-order valence-electron chi connectivity index (χ1n) is 10.8. The van der Waals surface area contributed by atoms with E-state index in [1.165, 1.54) is 17.2 Å². The number of fused-ring (bicyclic) bond motifs is 2. The van der Waals surface area contributed by atoms with Crippen molar-refractivity contribution in [2.24, 2.45) is 5.41 Å². The Kier molecular flexibility index (Phi) is 4.65. The van der Waals surface area contributed by atoms with Crippen molar-refractivity contribution in [1.29, 1.82) is 0 Å². The predicted octanol–water partition coefficient (Wildman–Crippen LogP) is 5.08. The van der Waals surface area contributed by atoms with Gasteiger partial charge in [0, 0.05) is 5.41 Å². The fourth-order valence-electron chi connectivity index (χ4n) is 4.12. The first-order chi connectivity index (χ1) is 16.1. The van der Waals surface area contributed by atoms with Crippen LogP contribution in [0.5, 0.6) is 11.6 Å². The van der Waals surface area contributed by atoms with E-state index in [9.17, 15) is 19.8 Å². The molecule has 0 radical (unpaired) electrons. The Bertz CT molecular complexity index is 1660. The molecule has 0 fully saturated rings. The highest BCUT2D eigenvalue weighted by atomic mass is 16.3. The van der Waals surface area contributed by atoms with Crippen molar-refractivity contribution in [1.82, 2.24) is 14.5 Å². The summed E-state index contributed by atoms with van der Waals surface area (Å²) in [5.41, 5.74) is 1.76. The molecule has 0 bridgehead atoms. The molecule has 8 nitrogen and oxygen atoms in total. The van der Waals surface area contributed by atoms with E-state index in [1.807, 2.05) is 13.0 Å². The van der Waals surface area contributed by atoms with E-state index in [1.54, 1.807) is 51.1 Å². The maximum absolute atomic E-state index is 13.6. The first kappa shape index (κ1) is 21.5. The van der Waals surface area contributed by atoms with Gasteiger partial charge in [-0.25, -0.2) is 4.98 Å². The molecular formula is C26H23N3O5. The predicted molar refractivity (Wildman–Crippen MR) is 129 cm³/mol. The maximum Gasteiger partial charge on any atom is 0.240 e.